The Balaban J connectivity index is 1.22. The maximum Gasteiger partial charge on any atom is 0.472 e. The standard InChI is InChI=1S/C41H61N6O10P/c1-4-5-6-7-8-9-10-11-12-13-14-15-16-17-18-19-24-53-27-32(56-31-25-35(52-3)40(44-2)45-26-31)28-54-58(50,51)55-29-36-38(48)39(49)41(30-42,57-36)37-21-20-34-33(43)22-23-46-47(34)37/h20-23,25-26,32,36,38-39,48-49H,4-19,24,27-29,43H2,1,3H3,(H,50,51)/t32-,36-,38-,39-,41+/m1/s1. The Hall–Kier alpha value is -3.83. The zero-order chi connectivity index (χ0) is 41.8. The zero-order valence-corrected chi connectivity index (χ0v) is 34.8. The lowest BCUT2D eigenvalue weighted by molar-refractivity contribution is -0.0651. The molecule has 0 aliphatic carbocycles. The number of pyridine rings is 1. The van der Waals surface area contributed by atoms with Gasteiger partial charge < -0.3 is 44.6 Å². The zero-order valence-electron chi connectivity index (χ0n) is 33.9. The second-order valence-electron chi connectivity index (χ2n) is 14.7. The first-order chi connectivity index (χ1) is 28.1. The molecular weight excluding hydrogens is 767 g/mol. The molecule has 17 heteroatoms. The third kappa shape index (κ3) is 13.6. The van der Waals surface area contributed by atoms with Gasteiger partial charge in [0.25, 0.3) is 0 Å². The lowest BCUT2D eigenvalue weighted by atomic mass is 9.92. The molecule has 320 valence electrons. The lowest BCUT2D eigenvalue weighted by Crippen LogP contribution is -2.41. The number of nitriles is 1. The van der Waals surface area contributed by atoms with Crippen molar-refractivity contribution in [2.24, 2.45) is 0 Å². The molecule has 58 heavy (non-hydrogen) atoms. The van der Waals surface area contributed by atoms with E-state index in [1.54, 1.807) is 12.1 Å². The molecule has 1 aliphatic rings. The van der Waals surface area contributed by atoms with Crippen molar-refractivity contribution in [3.05, 3.63) is 53.8 Å². The minimum atomic E-state index is -4.82. The topological polar surface area (TPSA) is 218 Å². The molecule has 1 unspecified atom stereocenters. The van der Waals surface area contributed by atoms with E-state index in [0.29, 0.717) is 17.8 Å². The number of aliphatic hydroxyl groups is 2. The predicted molar refractivity (Wildman–Crippen MR) is 217 cm³/mol. The minimum absolute atomic E-state index is 0.00320. The summed E-state index contributed by atoms with van der Waals surface area (Å²) < 4.78 is 47.8. The van der Waals surface area contributed by atoms with Gasteiger partial charge in [-0.3, -0.25) is 9.05 Å². The molecule has 6 atom stereocenters. The number of fused-ring (bicyclic) bond motifs is 1. The van der Waals surface area contributed by atoms with Gasteiger partial charge in [-0.15, -0.1) is 4.98 Å². The van der Waals surface area contributed by atoms with Gasteiger partial charge in [0.05, 0.1) is 43.8 Å². The van der Waals surface area contributed by atoms with Gasteiger partial charge in [-0.1, -0.05) is 110 Å². The van der Waals surface area contributed by atoms with Gasteiger partial charge >= 0.3 is 13.6 Å². The van der Waals surface area contributed by atoms with Crippen LogP contribution >= 0.6 is 7.82 Å². The van der Waals surface area contributed by atoms with E-state index in [1.165, 1.54) is 120 Å². The van der Waals surface area contributed by atoms with E-state index in [1.807, 2.05) is 6.07 Å². The average Bonchev–Trinajstić information content (AvgIpc) is 3.77. The molecule has 0 radical (unpaired) electrons. The van der Waals surface area contributed by atoms with Crippen LogP contribution in [0.15, 0.2) is 36.7 Å². The first kappa shape index (κ1) is 46.9. The monoisotopic (exact) mass is 828 g/mol. The van der Waals surface area contributed by atoms with Gasteiger partial charge in [-0.2, -0.15) is 10.4 Å². The molecule has 4 heterocycles. The first-order valence-electron chi connectivity index (χ1n) is 20.5. The summed E-state index contributed by atoms with van der Waals surface area (Å²) in [7, 11) is -3.42. The van der Waals surface area contributed by atoms with Gasteiger partial charge in [-0.05, 0) is 24.6 Å². The molecule has 0 aromatic carbocycles. The highest BCUT2D eigenvalue weighted by Crippen LogP contribution is 2.46. The Morgan fingerprint density at radius 3 is 2.24 bits per heavy atom. The van der Waals surface area contributed by atoms with E-state index in [4.69, 9.17) is 40.3 Å². The van der Waals surface area contributed by atoms with E-state index in [2.05, 4.69) is 21.9 Å². The summed E-state index contributed by atoms with van der Waals surface area (Å²) in [6.07, 6.45) is 17.2. The molecule has 1 aliphatic heterocycles. The molecule has 4 rings (SSSR count). The number of methoxy groups -OCH3 is 1. The maximum absolute atomic E-state index is 13.1. The molecule has 5 N–H and O–H groups in total. The van der Waals surface area contributed by atoms with Crippen LogP contribution in [0.4, 0.5) is 11.5 Å². The molecule has 1 saturated heterocycles. The molecule has 0 spiro atoms. The van der Waals surface area contributed by atoms with Crippen molar-refractivity contribution in [1.82, 2.24) is 14.6 Å². The average molecular weight is 829 g/mol. The summed E-state index contributed by atoms with van der Waals surface area (Å²) >= 11 is 0. The van der Waals surface area contributed by atoms with Gasteiger partial charge in [0.1, 0.15) is 36.2 Å². The van der Waals surface area contributed by atoms with Crippen LogP contribution in [0.25, 0.3) is 10.4 Å². The lowest BCUT2D eigenvalue weighted by Gasteiger charge is -2.24. The largest absolute Gasteiger partial charge is 0.506 e. The number of ether oxygens (including phenoxy) is 4. The number of hydrogen-bond donors (Lipinski definition) is 4. The summed E-state index contributed by atoms with van der Waals surface area (Å²) in [6, 6.07) is 8.04. The van der Waals surface area contributed by atoms with Crippen molar-refractivity contribution < 1.29 is 47.7 Å². The molecule has 3 aromatic rings. The quantitative estimate of drug-likeness (QED) is 0.0302. The van der Waals surface area contributed by atoms with Crippen LogP contribution in [-0.4, -0.2) is 87.7 Å². The Labute approximate surface area is 342 Å². The Bertz CT molecular complexity index is 1820. The van der Waals surface area contributed by atoms with Crippen molar-refractivity contribution in [3.8, 4) is 17.6 Å². The number of nitrogens with two attached hydrogens (primary N) is 1. The number of phosphoric acid groups is 1. The predicted octanol–water partition coefficient (Wildman–Crippen LogP) is 7.57. The van der Waals surface area contributed by atoms with Gasteiger partial charge in [0.15, 0.2) is 11.9 Å². The highest BCUT2D eigenvalue weighted by atomic mass is 31.2. The molecule has 1 fully saturated rings. The summed E-state index contributed by atoms with van der Waals surface area (Å²) in [5.41, 5.74) is 4.84. The van der Waals surface area contributed by atoms with Crippen LogP contribution in [0.5, 0.6) is 11.5 Å². The van der Waals surface area contributed by atoms with Crippen molar-refractivity contribution in [3.63, 3.8) is 0 Å². The Morgan fingerprint density at radius 1 is 1.00 bits per heavy atom. The summed E-state index contributed by atoms with van der Waals surface area (Å²) in [5.74, 6) is 0.453. The van der Waals surface area contributed by atoms with Crippen LogP contribution in [0.3, 0.4) is 0 Å². The number of anilines is 1. The maximum atomic E-state index is 13.1. The fourth-order valence-electron chi connectivity index (χ4n) is 7.01. The fraction of sp³-hybridized carbons (Fsp3) is 0.659. The summed E-state index contributed by atoms with van der Waals surface area (Å²) in [5, 5.41) is 36.2. The minimum Gasteiger partial charge on any atom is -0.506 e. The molecule has 16 nitrogen and oxygen atoms in total. The number of aromatic nitrogens is 3. The normalized spacial score (nSPS) is 20.7. The second kappa shape index (κ2) is 24.3. The van der Waals surface area contributed by atoms with Gasteiger partial charge in [-0.25, -0.2) is 9.08 Å². The summed E-state index contributed by atoms with van der Waals surface area (Å²) in [4.78, 5) is 18.0. The van der Waals surface area contributed by atoms with Crippen LogP contribution < -0.4 is 15.2 Å². The molecular formula is C41H61N6O10P. The SMILES string of the molecule is [C-]#[N+]c1ncc(O[C@H](COCCCCCCCCCCCCCCCCCC)COP(=O)(O)OC[C@H]2O[C@@](C#N)(c3ccc4c(N)ccnn34)[C@H](O)[C@@H]2O)cc1OC. The van der Waals surface area contributed by atoms with E-state index >= 15 is 0 Å². The highest BCUT2D eigenvalue weighted by molar-refractivity contribution is 7.47. The van der Waals surface area contributed by atoms with Crippen molar-refractivity contribution >= 4 is 24.8 Å². The molecule has 3 aromatic heterocycles. The van der Waals surface area contributed by atoms with Crippen LogP contribution in [0.2, 0.25) is 0 Å². The van der Waals surface area contributed by atoms with E-state index in [-0.39, 0.29) is 29.6 Å². The van der Waals surface area contributed by atoms with Crippen LogP contribution in [-0.2, 0) is 28.7 Å². The van der Waals surface area contributed by atoms with E-state index in [9.17, 15) is 24.9 Å². The number of nitrogens with zero attached hydrogens (tertiary/aromatic N) is 5. The highest BCUT2D eigenvalue weighted by Gasteiger charge is 2.58. The molecule has 0 saturated carbocycles. The third-order valence-electron chi connectivity index (χ3n) is 10.3. The fourth-order valence-corrected chi connectivity index (χ4v) is 7.78. The van der Waals surface area contributed by atoms with Crippen LogP contribution in [0, 0.1) is 17.9 Å². The van der Waals surface area contributed by atoms with E-state index in [0.717, 1.165) is 19.3 Å². The second-order valence-corrected chi connectivity index (χ2v) is 16.2. The Morgan fingerprint density at radius 2 is 1.64 bits per heavy atom. The number of unbranched alkanes of at least 4 members (excludes halogenated alkanes) is 15. The van der Waals surface area contributed by atoms with E-state index < -0.39 is 51.1 Å². The smallest absolute Gasteiger partial charge is 0.472 e. The number of rotatable bonds is 29. The summed E-state index contributed by atoms with van der Waals surface area (Å²) in [6.45, 7) is 8.81. The molecule has 0 bridgehead atoms. The first-order valence-corrected chi connectivity index (χ1v) is 22.0. The van der Waals surface area contributed by atoms with Crippen LogP contribution in [0.1, 0.15) is 115 Å². The van der Waals surface area contributed by atoms with Crippen molar-refractivity contribution in [2.45, 2.75) is 140 Å². The van der Waals surface area contributed by atoms with Gasteiger partial charge in [0.2, 0.25) is 5.60 Å². The van der Waals surface area contributed by atoms with Crippen molar-refractivity contribution in [2.75, 3.05) is 39.3 Å². The number of nitrogen functional groups attached to an aromatic ring is 1. The molecule has 0 amide bonds. The number of hydrogen-bond acceptors (Lipinski definition) is 13. The Kier molecular flexibility index (Phi) is 19.6. The third-order valence-corrected chi connectivity index (χ3v) is 11.3. The number of aliphatic hydroxyl groups excluding tert-OH is 2. The number of phosphoric ester groups is 1. The van der Waals surface area contributed by atoms with Crippen molar-refractivity contribution in [1.29, 1.82) is 5.26 Å². The van der Waals surface area contributed by atoms with Gasteiger partial charge in [0, 0.05) is 18.9 Å².